The number of carbonyl (C=O) groups is 3. The quantitative estimate of drug-likeness (QED) is 0.248. The van der Waals surface area contributed by atoms with Crippen LogP contribution in [0.1, 0.15) is 5.56 Å². The molecule has 0 bridgehead atoms. The standard InChI is InChI=1S/C25H24N4O6/c1-33-20-10-6-18(7-11-20)27-23(30)16-35-22-5-3-4-17(14-22)15-26-29-25(32)24(31)28-19-8-12-21(34-2)13-9-19/h3-15H,16H2,1-2H3,(H,27,30)(H,28,31)(H,29,32)/b26-15-. The lowest BCUT2D eigenvalue weighted by molar-refractivity contribution is -0.136. The Labute approximate surface area is 201 Å². The molecule has 3 amide bonds. The zero-order chi connectivity index (χ0) is 25.0. The van der Waals surface area contributed by atoms with Gasteiger partial charge in [0.05, 0.1) is 20.4 Å². The van der Waals surface area contributed by atoms with Crippen LogP contribution in [0.4, 0.5) is 11.4 Å². The fraction of sp³-hybridized carbons (Fsp3) is 0.120. The summed E-state index contributed by atoms with van der Waals surface area (Å²) in [6.45, 7) is -0.200. The van der Waals surface area contributed by atoms with E-state index in [0.29, 0.717) is 34.2 Å². The molecule has 0 saturated carbocycles. The van der Waals surface area contributed by atoms with E-state index < -0.39 is 11.8 Å². The number of methoxy groups -OCH3 is 2. The van der Waals surface area contributed by atoms with E-state index in [1.54, 1.807) is 79.9 Å². The van der Waals surface area contributed by atoms with Gasteiger partial charge >= 0.3 is 11.8 Å². The second-order valence-electron chi connectivity index (χ2n) is 7.02. The monoisotopic (exact) mass is 476 g/mol. The van der Waals surface area contributed by atoms with Gasteiger partial charge in [-0.25, -0.2) is 5.43 Å². The van der Waals surface area contributed by atoms with Gasteiger partial charge in [0, 0.05) is 11.4 Å². The zero-order valence-electron chi connectivity index (χ0n) is 19.1. The Kier molecular flexibility index (Phi) is 8.78. The average Bonchev–Trinajstić information content (AvgIpc) is 2.88. The molecule has 3 N–H and O–H groups in total. The van der Waals surface area contributed by atoms with Crippen LogP contribution in [0.25, 0.3) is 0 Å². The Bertz CT molecular complexity index is 1190. The van der Waals surface area contributed by atoms with Crippen molar-refractivity contribution in [3.8, 4) is 17.2 Å². The molecule has 0 aliphatic carbocycles. The number of amides is 3. The summed E-state index contributed by atoms with van der Waals surface area (Å²) in [5.41, 5.74) is 3.81. The Morgan fingerprint density at radius 3 is 1.97 bits per heavy atom. The van der Waals surface area contributed by atoms with E-state index in [-0.39, 0.29) is 12.5 Å². The fourth-order valence-corrected chi connectivity index (χ4v) is 2.78. The van der Waals surface area contributed by atoms with Crippen LogP contribution < -0.4 is 30.3 Å². The van der Waals surface area contributed by atoms with E-state index in [1.807, 2.05) is 0 Å². The van der Waals surface area contributed by atoms with Crippen LogP contribution in [0, 0.1) is 0 Å². The van der Waals surface area contributed by atoms with Crippen LogP contribution in [-0.4, -0.2) is 44.8 Å². The third kappa shape index (κ3) is 7.90. The number of hydrogen-bond donors (Lipinski definition) is 3. The van der Waals surface area contributed by atoms with Crippen molar-refractivity contribution in [3.05, 3.63) is 78.4 Å². The van der Waals surface area contributed by atoms with Crippen LogP contribution in [0.15, 0.2) is 77.9 Å². The number of nitrogens with one attached hydrogen (secondary N) is 3. The predicted molar refractivity (Wildman–Crippen MR) is 131 cm³/mol. The normalized spacial score (nSPS) is 10.3. The van der Waals surface area contributed by atoms with Gasteiger partial charge in [-0.05, 0) is 66.2 Å². The Morgan fingerprint density at radius 1 is 0.771 bits per heavy atom. The summed E-state index contributed by atoms with van der Waals surface area (Å²) in [4.78, 5) is 36.1. The molecule has 0 heterocycles. The lowest BCUT2D eigenvalue weighted by atomic mass is 10.2. The second-order valence-corrected chi connectivity index (χ2v) is 7.02. The summed E-state index contributed by atoms with van der Waals surface area (Å²) in [5, 5.41) is 8.97. The molecule has 180 valence electrons. The van der Waals surface area contributed by atoms with Crippen molar-refractivity contribution in [3.63, 3.8) is 0 Å². The Morgan fingerprint density at radius 2 is 1.37 bits per heavy atom. The van der Waals surface area contributed by atoms with Crippen molar-refractivity contribution >= 4 is 35.3 Å². The largest absolute Gasteiger partial charge is 0.497 e. The van der Waals surface area contributed by atoms with Gasteiger partial charge in [0.25, 0.3) is 5.91 Å². The predicted octanol–water partition coefficient (Wildman–Crippen LogP) is 2.81. The summed E-state index contributed by atoms with van der Waals surface area (Å²) in [7, 11) is 3.09. The first-order valence-corrected chi connectivity index (χ1v) is 10.4. The molecular formula is C25H24N4O6. The van der Waals surface area contributed by atoms with Crippen LogP contribution >= 0.6 is 0 Å². The van der Waals surface area contributed by atoms with Crippen LogP contribution in [0.5, 0.6) is 17.2 Å². The first-order chi connectivity index (χ1) is 17.0. The van der Waals surface area contributed by atoms with E-state index in [0.717, 1.165) is 0 Å². The lowest BCUT2D eigenvalue weighted by Crippen LogP contribution is -2.32. The highest BCUT2D eigenvalue weighted by molar-refractivity contribution is 6.39. The first-order valence-electron chi connectivity index (χ1n) is 10.4. The highest BCUT2D eigenvalue weighted by Gasteiger charge is 2.12. The number of rotatable bonds is 9. The molecule has 0 atom stereocenters. The lowest BCUT2D eigenvalue weighted by Gasteiger charge is -2.08. The molecule has 0 aromatic heterocycles. The Hall–Kier alpha value is -4.86. The molecule has 3 aromatic rings. The number of nitrogens with zero attached hydrogens (tertiary/aromatic N) is 1. The Balaban J connectivity index is 1.46. The van der Waals surface area contributed by atoms with Gasteiger partial charge in [0.1, 0.15) is 17.2 Å². The summed E-state index contributed by atoms with van der Waals surface area (Å²) in [6.07, 6.45) is 1.35. The topological polar surface area (TPSA) is 127 Å². The van der Waals surface area contributed by atoms with Gasteiger partial charge in [-0.15, -0.1) is 0 Å². The summed E-state index contributed by atoms with van der Waals surface area (Å²) < 4.78 is 15.6. The van der Waals surface area contributed by atoms with Gasteiger partial charge in [0.15, 0.2) is 6.61 Å². The molecule has 3 aromatic carbocycles. The van der Waals surface area contributed by atoms with Crippen molar-refractivity contribution < 1.29 is 28.6 Å². The molecular weight excluding hydrogens is 452 g/mol. The van der Waals surface area contributed by atoms with Gasteiger partial charge in [-0.2, -0.15) is 5.10 Å². The fourth-order valence-electron chi connectivity index (χ4n) is 2.78. The molecule has 0 aliphatic rings. The first kappa shape index (κ1) is 24.8. The summed E-state index contributed by atoms with van der Waals surface area (Å²) >= 11 is 0. The maximum atomic E-state index is 12.1. The number of carbonyl (C=O) groups excluding carboxylic acids is 3. The summed E-state index contributed by atoms with van der Waals surface area (Å²) in [5.74, 6) is -0.383. The smallest absolute Gasteiger partial charge is 0.329 e. The number of benzene rings is 3. The van der Waals surface area contributed by atoms with E-state index >= 15 is 0 Å². The van der Waals surface area contributed by atoms with Crippen molar-refractivity contribution in [1.29, 1.82) is 0 Å². The molecule has 0 unspecified atom stereocenters. The van der Waals surface area contributed by atoms with Gasteiger partial charge in [-0.1, -0.05) is 12.1 Å². The van der Waals surface area contributed by atoms with Crippen molar-refractivity contribution in [1.82, 2.24) is 5.43 Å². The summed E-state index contributed by atoms with van der Waals surface area (Å²) in [6, 6.07) is 20.2. The van der Waals surface area contributed by atoms with E-state index in [4.69, 9.17) is 14.2 Å². The minimum Gasteiger partial charge on any atom is -0.497 e. The van der Waals surface area contributed by atoms with Crippen molar-refractivity contribution in [2.24, 2.45) is 5.10 Å². The molecule has 10 heteroatoms. The van der Waals surface area contributed by atoms with E-state index in [1.165, 1.54) is 13.3 Å². The molecule has 0 spiro atoms. The molecule has 0 radical (unpaired) electrons. The maximum Gasteiger partial charge on any atom is 0.329 e. The highest BCUT2D eigenvalue weighted by Crippen LogP contribution is 2.16. The third-order valence-electron chi connectivity index (χ3n) is 4.54. The number of anilines is 2. The van der Waals surface area contributed by atoms with Crippen molar-refractivity contribution in [2.45, 2.75) is 0 Å². The van der Waals surface area contributed by atoms with E-state index in [2.05, 4.69) is 21.2 Å². The zero-order valence-corrected chi connectivity index (χ0v) is 19.1. The number of hydrazone groups is 1. The molecule has 0 fully saturated rings. The molecule has 35 heavy (non-hydrogen) atoms. The molecule has 3 rings (SSSR count). The molecule has 0 saturated heterocycles. The SMILES string of the molecule is COc1ccc(NC(=O)COc2cccc(/C=N\NC(=O)C(=O)Nc3ccc(OC)cc3)c2)cc1. The molecule has 10 nitrogen and oxygen atoms in total. The second kappa shape index (κ2) is 12.4. The molecule has 0 aliphatic heterocycles. The number of ether oxygens (including phenoxy) is 3. The maximum absolute atomic E-state index is 12.1. The average molecular weight is 476 g/mol. The van der Waals surface area contributed by atoms with Gasteiger partial charge < -0.3 is 24.8 Å². The van der Waals surface area contributed by atoms with E-state index in [9.17, 15) is 14.4 Å². The van der Waals surface area contributed by atoms with Crippen molar-refractivity contribution in [2.75, 3.05) is 31.5 Å². The van der Waals surface area contributed by atoms with Gasteiger partial charge in [-0.3, -0.25) is 14.4 Å². The minimum atomic E-state index is -0.931. The van der Waals surface area contributed by atoms with Crippen LogP contribution in [0.3, 0.4) is 0 Å². The highest BCUT2D eigenvalue weighted by atomic mass is 16.5. The minimum absolute atomic E-state index is 0.200. The third-order valence-corrected chi connectivity index (χ3v) is 4.54. The van der Waals surface area contributed by atoms with Gasteiger partial charge in [0.2, 0.25) is 0 Å². The van der Waals surface area contributed by atoms with Crippen LogP contribution in [-0.2, 0) is 14.4 Å². The van der Waals surface area contributed by atoms with Crippen LogP contribution in [0.2, 0.25) is 0 Å². The number of hydrogen-bond acceptors (Lipinski definition) is 7.